The Bertz CT molecular complexity index is 510. The van der Waals surface area contributed by atoms with E-state index in [2.05, 4.69) is 15.6 Å². The molecular formula is C11H12N4O3. The van der Waals surface area contributed by atoms with Crippen LogP contribution in [0.2, 0.25) is 0 Å². The molecule has 1 saturated carbocycles. The molecular weight excluding hydrogens is 236 g/mol. The maximum Gasteiger partial charge on any atom is 0.307 e. The van der Waals surface area contributed by atoms with Gasteiger partial charge in [0.05, 0.1) is 11.8 Å². The zero-order valence-electron chi connectivity index (χ0n) is 9.43. The molecule has 0 aromatic carbocycles. The lowest BCUT2D eigenvalue weighted by Gasteiger charge is -2.23. The molecule has 0 unspecified atom stereocenters. The molecule has 7 heteroatoms. The fraction of sp³-hybridized carbons (Fsp3) is 0.455. The largest absolute Gasteiger partial charge is 0.481 e. The van der Waals surface area contributed by atoms with Crippen LogP contribution in [-0.2, 0) is 9.59 Å². The lowest BCUT2D eigenvalue weighted by Crippen LogP contribution is -2.38. The molecule has 1 aromatic heterocycles. The molecule has 18 heavy (non-hydrogen) atoms. The molecule has 1 heterocycles. The van der Waals surface area contributed by atoms with Crippen LogP contribution >= 0.6 is 0 Å². The zero-order valence-corrected chi connectivity index (χ0v) is 9.43. The third-order valence-corrected chi connectivity index (χ3v) is 3.71. The van der Waals surface area contributed by atoms with E-state index in [9.17, 15) is 14.7 Å². The van der Waals surface area contributed by atoms with E-state index in [1.54, 1.807) is 0 Å². The van der Waals surface area contributed by atoms with Crippen molar-refractivity contribution in [3.05, 3.63) is 24.8 Å². The van der Waals surface area contributed by atoms with Crippen molar-refractivity contribution in [1.82, 2.24) is 14.9 Å². The van der Waals surface area contributed by atoms with Crippen molar-refractivity contribution < 1.29 is 14.7 Å². The fourth-order valence-electron chi connectivity index (χ4n) is 2.98. The van der Waals surface area contributed by atoms with Crippen LogP contribution < -0.4 is 5.43 Å². The first-order chi connectivity index (χ1) is 8.66. The molecule has 7 nitrogen and oxygen atoms in total. The molecule has 0 radical (unpaired) electrons. The molecule has 1 amide bonds. The van der Waals surface area contributed by atoms with Gasteiger partial charge in [0.1, 0.15) is 12.7 Å². The maximum atomic E-state index is 12.1. The molecule has 0 aliphatic heterocycles. The Kier molecular flexibility index (Phi) is 2.39. The van der Waals surface area contributed by atoms with Crippen LogP contribution in [0.25, 0.3) is 0 Å². The topological polar surface area (TPSA) is 97.1 Å². The number of carbonyl (C=O) groups excluding carboxylic acids is 1. The van der Waals surface area contributed by atoms with Crippen LogP contribution in [-0.4, -0.2) is 31.9 Å². The lowest BCUT2D eigenvalue weighted by atomic mass is 9.82. The third kappa shape index (κ3) is 1.59. The van der Waals surface area contributed by atoms with Crippen molar-refractivity contribution >= 4 is 11.9 Å². The lowest BCUT2D eigenvalue weighted by molar-refractivity contribution is -0.147. The van der Waals surface area contributed by atoms with Crippen LogP contribution in [0.3, 0.4) is 0 Å². The number of hydrogen-bond donors (Lipinski definition) is 2. The second kappa shape index (κ2) is 3.94. The van der Waals surface area contributed by atoms with E-state index >= 15 is 0 Å². The summed E-state index contributed by atoms with van der Waals surface area (Å²) in [6.45, 7) is 0. The van der Waals surface area contributed by atoms with Gasteiger partial charge in [-0.25, -0.2) is 4.68 Å². The van der Waals surface area contributed by atoms with Crippen LogP contribution in [0.4, 0.5) is 0 Å². The van der Waals surface area contributed by atoms with Gasteiger partial charge in [-0.05, 0) is 18.3 Å². The second-order valence-electron chi connectivity index (χ2n) is 4.68. The number of hydrogen-bond acceptors (Lipinski definition) is 4. The van der Waals surface area contributed by atoms with Crippen molar-refractivity contribution in [2.75, 3.05) is 5.43 Å². The van der Waals surface area contributed by atoms with E-state index in [1.165, 1.54) is 17.3 Å². The number of nitrogens with zero attached hydrogens (tertiary/aromatic N) is 3. The molecule has 4 atom stereocenters. The summed E-state index contributed by atoms with van der Waals surface area (Å²) >= 11 is 0. The predicted molar refractivity (Wildman–Crippen MR) is 59.7 cm³/mol. The van der Waals surface area contributed by atoms with Gasteiger partial charge in [0, 0.05) is 0 Å². The fourth-order valence-corrected chi connectivity index (χ4v) is 2.98. The van der Waals surface area contributed by atoms with Gasteiger partial charge in [0.2, 0.25) is 5.91 Å². The molecule has 1 fully saturated rings. The highest BCUT2D eigenvalue weighted by Crippen LogP contribution is 2.48. The zero-order chi connectivity index (χ0) is 12.7. The van der Waals surface area contributed by atoms with Crippen molar-refractivity contribution in [2.45, 2.75) is 6.42 Å². The first-order valence-electron chi connectivity index (χ1n) is 5.73. The van der Waals surface area contributed by atoms with Crippen molar-refractivity contribution in [2.24, 2.45) is 23.7 Å². The van der Waals surface area contributed by atoms with Crippen LogP contribution in [0.1, 0.15) is 6.42 Å². The maximum absolute atomic E-state index is 12.1. The SMILES string of the molecule is O=C(Nn1cnnc1)[C@@H]1[C@H](C(=O)O)[C@H]2C=C[C@H]1C2. The van der Waals surface area contributed by atoms with E-state index < -0.39 is 17.8 Å². The summed E-state index contributed by atoms with van der Waals surface area (Å²) in [5, 5.41) is 16.4. The summed E-state index contributed by atoms with van der Waals surface area (Å²) < 4.78 is 1.33. The smallest absolute Gasteiger partial charge is 0.307 e. The number of aliphatic carboxylic acids is 1. The van der Waals surface area contributed by atoms with Gasteiger partial charge in [-0.15, -0.1) is 10.2 Å². The third-order valence-electron chi connectivity index (χ3n) is 3.71. The quantitative estimate of drug-likeness (QED) is 0.726. The number of amides is 1. The average molecular weight is 248 g/mol. The van der Waals surface area contributed by atoms with Gasteiger partial charge in [0.15, 0.2) is 0 Å². The summed E-state index contributed by atoms with van der Waals surface area (Å²) in [6, 6.07) is 0. The first kappa shape index (κ1) is 10.9. The van der Waals surface area contributed by atoms with Crippen LogP contribution in [0, 0.1) is 23.7 Å². The number of aromatic nitrogens is 3. The Morgan fingerprint density at radius 1 is 1.17 bits per heavy atom. The van der Waals surface area contributed by atoms with Gasteiger partial charge in [-0.3, -0.25) is 15.0 Å². The normalized spacial score (nSPS) is 32.7. The Morgan fingerprint density at radius 3 is 2.39 bits per heavy atom. The van der Waals surface area contributed by atoms with Crippen molar-refractivity contribution in [3.63, 3.8) is 0 Å². The molecule has 94 valence electrons. The summed E-state index contributed by atoms with van der Waals surface area (Å²) in [4.78, 5) is 23.4. The molecule has 2 aliphatic carbocycles. The van der Waals surface area contributed by atoms with Crippen molar-refractivity contribution in [3.8, 4) is 0 Å². The number of rotatable bonds is 3. The standard InChI is InChI=1S/C11H12N4O3/c16-10(14-15-4-12-13-5-15)8-6-1-2-7(3-6)9(8)11(17)18/h1-2,4-9H,3H2,(H,14,16)(H,17,18)/t6-,7-,8-,9+/m0/s1. The highest BCUT2D eigenvalue weighted by Gasteiger charge is 2.51. The van der Waals surface area contributed by atoms with E-state index in [0.717, 1.165) is 6.42 Å². The monoisotopic (exact) mass is 248 g/mol. The van der Waals surface area contributed by atoms with Gasteiger partial charge < -0.3 is 5.11 Å². The Morgan fingerprint density at radius 2 is 1.78 bits per heavy atom. The minimum atomic E-state index is -0.907. The number of carbonyl (C=O) groups is 2. The number of carboxylic acid groups (broad SMARTS) is 1. The molecule has 1 aromatic rings. The van der Waals surface area contributed by atoms with E-state index in [-0.39, 0.29) is 17.7 Å². The summed E-state index contributed by atoms with van der Waals surface area (Å²) in [5.74, 6) is -2.34. The van der Waals surface area contributed by atoms with Crippen LogP contribution in [0.5, 0.6) is 0 Å². The molecule has 0 spiro atoms. The van der Waals surface area contributed by atoms with Gasteiger partial charge in [0.25, 0.3) is 0 Å². The number of nitrogens with one attached hydrogen (secondary N) is 1. The number of carboxylic acids is 1. The summed E-state index contributed by atoms with van der Waals surface area (Å²) in [6.07, 6.45) is 7.32. The molecule has 2 N–H and O–H groups in total. The highest BCUT2D eigenvalue weighted by molar-refractivity contribution is 5.91. The highest BCUT2D eigenvalue weighted by atomic mass is 16.4. The van der Waals surface area contributed by atoms with E-state index in [1.807, 2.05) is 12.2 Å². The molecule has 2 aliphatic rings. The van der Waals surface area contributed by atoms with Crippen LogP contribution in [0.15, 0.2) is 24.8 Å². The van der Waals surface area contributed by atoms with Crippen molar-refractivity contribution in [1.29, 1.82) is 0 Å². The summed E-state index contributed by atoms with van der Waals surface area (Å²) in [7, 11) is 0. The van der Waals surface area contributed by atoms with Gasteiger partial charge in [-0.1, -0.05) is 12.2 Å². The van der Waals surface area contributed by atoms with Gasteiger partial charge in [-0.2, -0.15) is 0 Å². The Labute approximate surface area is 102 Å². The molecule has 2 bridgehead atoms. The van der Waals surface area contributed by atoms with E-state index in [0.29, 0.717) is 0 Å². The summed E-state index contributed by atoms with van der Waals surface area (Å²) in [5.41, 5.74) is 2.59. The average Bonchev–Trinajstić information content (AvgIpc) is 3.03. The second-order valence-corrected chi connectivity index (χ2v) is 4.68. The number of allylic oxidation sites excluding steroid dienone is 2. The van der Waals surface area contributed by atoms with E-state index in [4.69, 9.17) is 0 Å². The number of fused-ring (bicyclic) bond motifs is 2. The minimum Gasteiger partial charge on any atom is -0.481 e. The van der Waals surface area contributed by atoms with Gasteiger partial charge >= 0.3 is 5.97 Å². The molecule has 3 rings (SSSR count). The molecule has 0 saturated heterocycles. The first-order valence-corrected chi connectivity index (χ1v) is 5.73. The minimum absolute atomic E-state index is 0.0209. The predicted octanol–water partition coefficient (Wildman–Crippen LogP) is -0.129. The Hall–Kier alpha value is -2.18. The Balaban J connectivity index is 1.80.